The lowest BCUT2D eigenvalue weighted by Gasteiger charge is -2.32. The van der Waals surface area contributed by atoms with Gasteiger partial charge < -0.3 is 14.2 Å². The van der Waals surface area contributed by atoms with Crippen molar-refractivity contribution in [2.24, 2.45) is 11.3 Å². The number of halogens is 1. The van der Waals surface area contributed by atoms with Crippen molar-refractivity contribution in [3.05, 3.63) is 24.3 Å². The van der Waals surface area contributed by atoms with E-state index in [1.165, 1.54) is 12.8 Å². The predicted octanol–water partition coefficient (Wildman–Crippen LogP) is 3.89. The van der Waals surface area contributed by atoms with E-state index in [2.05, 4.69) is 0 Å². The molecule has 0 amide bonds. The Morgan fingerprint density at radius 2 is 1.95 bits per heavy atom. The van der Waals surface area contributed by atoms with Gasteiger partial charge >= 0.3 is 0 Å². The highest BCUT2D eigenvalue weighted by atomic mass is 35.5. The number of ether oxygens (including phenoxy) is 3. The first-order valence-electron chi connectivity index (χ1n) is 7.72. The van der Waals surface area contributed by atoms with Crippen LogP contribution in [0.2, 0.25) is 0 Å². The molecular formula is C17H23ClO3. The van der Waals surface area contributed by atoms with Crippen molar-refractivity contribution in [3.63, 3.8) is 0 Å². The molecule has 1 saturated carbocycles. The molecule has 3 nitrogen and oxygen atoms in total. The van der Waals surface area contributed by atoms with Crippen LogP contribution in [0.25, 0.3) is 0 Å². The minimum Gasteiger partial charge on any atom is -0.497 e. The molecule has 1 aromatic rings. The number of hydrogen-bond donors (Lipinski definition) is 0. The van der Waals surface area contributed by atoms with Gasteiger partial charge in [-0.15, -0.1) is 11.6 Å². The largest absolute Gasteiger partial charge is 0.497 e. The van der Waals surface area contributed by atoms with Crippen molar-refractivity contribution in [1.82, 2.24) is 0 Å². The van der Waals surface area contributed by atoms with E-state index in [0.717, 1.165) is 36.9 Å². The molecule has 2 aliphatic rings. The Hall–Kier alpha value is -0.930. The molecule has 1 saturated heterocycles. The molecule has 2 unspecified atom stereocenters. The molecule has 0 bridgehead atoms. The quantitative estimate of drug-likeness (QED) is 0.715. The zero-order valence-corrected chi connectivity index (χ0v) is 13.3. The smallest absolute Gasteiger partial charge is 0.119 e. The lowest BCUT2D eigenvalue weighted by atomic mass is 9.78. The molecule has 1 aliphatic heterocycles. The number of alkyl halides is 1. The van der Waals surface area contributed by atoms with E-state index in [1.807, 2.05) is 24.3 Å². The van der Waals surface area contributed by atoms with E-state index < -0.39 is 0 Å². The van der Waals surface area contributed by atoms with Crippen LogP contribution in [0.4, 0.5) is 0 Å². The molecule has 2 atom stereocenters. The van der Waals surface area contributed by atoms with Crippen LogP contribution in [0.1, 0.15) is 25.7 Å². The van der Waals surface area contributed by atoms with Crippen LogP contribution in [0.15, 0.2) is 24.3 Å². The summed E-state index contributed by atoms with van der Waals surface area (Å²) < 4.78 is 17.0. The fourth-order valence-corrected chi connectivity index (χ4v) is 3.68. The molecule has 1 heterocycles. The van der Waals surface area contributed by atoms with Crippen LogP contribution in [0.5, 0.6) is 11.5 Å². The summed E-state index contributed by atoms with van der Waals surface area (Å²) in [6, 6.07) is 7.71. The standard InChI is InChI=1S/C17H23ClO3/c1-19-14-4-6-15(7-5-14)20-10-8-17(12-18)9-11-21-16(17)13-2-3-13/h4-7,13,16H,2-3,8-12H2,1H3. The maximum Gasteiger partial charge on any atom is 0.119 e. The van der Waals surface area contributed by atoms with Crippen LogP contribution < -0.4 is 9.47 Å². The van der Waals surface area contributed by atoms with Gasteiger partial charge in [0.1, 0.15) is 11.5 Å². The normalized spacial score (nSPS) is 28.6. The number of benzene rings is 1. The summed E-state index contributed by atoms with van der Waals surface area (Å²) in [6.07, 6.45) is 4.95. The highest BCUT2D eigenvalue weighted by Crippen LogP contribution is 2.50. The Bertz CT molecular complexity index is 458. The molecule has 0 radical (unpaired) electrons. The zero-order chi connectivity index (χ0) is 14.7. The average molecular weight is 311 g/mol. The van der Waals surface area contributed by atoms with E-state index in [4.69, 9.17) is 25.8 Å². The summed E-state index contributed by atoms with van der Waals surface area (Å²) in [6.45, 7) is 1.53. The summed E-state index contributed by atoms with van der Waals surface area (Å²) in [5.74, 6) is 3.12. The van der Waals surface area contributed by atoms with E-state index in [1.54, 1.807) is 7.11 Å². The second kappa shape index (κ2) is 6.45. The van der Waals surface area contributed by atoms with Gasteiger partial charge in [-0.1, -0.05) is 0 Å². The number of methoxy groups -OCH3 is 1. The molecule has 2 fully saturated rings. The van der Waals surface area contributed by atoms with Gasteiger partial charge in [-0.05, 0) is 55.9 Å². The van der Waals surface area contributed by atoms with Crippen molar-refractivity contribution in [2.45, 2.75) is 31.8 Å². The Balaban J connectivity index is 1.55. The summed E-state index contributed by atoms with van der Waals surface area (Å²) in [7, 11) is 1.66. The van der Waals surface area contributed by atoms with Crippen molar-refractivity contribution < 1.29 is 14.2 Å². The van der Waals surface area contributed by atoms with Crippen LogP contribution in [-0.4, -0.2) is 32.3 Å². The first-order chi connectivity index (χ1) is 10.3. The van der Waals surface area contributed by atoms with Gasteiger partial charge in [-0.25, -0.2) is 0 Å². The van der Waals surface area contributed by atoms with Crippen LogP contribution >= 0.6 is 11.6 Å². The molecule has 4 heteroatoms. The van der Waals surface area contributed by atoms with E-state index in [-0.39, 0.29) is 5.41 Å². The Morgan fingerprint density at radius 1 is 1.24 bits per heavy atom. The maximum absolute atomic E-state index is 6.30. The summed E-state index contributed by atoms with van der Waals surface area (Å²) in [5.41, 5.74) is 0.106. The minimum absolute atomic E-state index is 0.106. The molecule has 3 rings (SSSR count). The van der Waals surface area contributed by atoms with Gasteiger partial charge in [-0.3, -0.25) is 0 Å². The maximum atomic E-state index is 6.30. The third kappa shape index (κ3) is 3.29. The molecule has 1 aromatic carbocycles. The van der Waals surface area contributed by atoms with E-state index in [0.29, 0.717) is 18.6 Å². The second-order valence-electron chi connectivity index (χ2n) is 6.15. The second-order valence-corrected chi connectivity index (χ2v) is 6.42. The third-order valence-electron chi connectivity index (χ3n) is 4.75. The van der Waals surface area contributed by atoms with Crippen molar-refractivity contribution in [2.75, 3.05) is 26.2 Å². The molecule has 0 aromatic heterocycles. The van der Waals surface area contributed by atoms with Gasteiger partial charge in [0.2, 0.25) is 0 Å². The van der Waals surface area contributed by atoms with Gasteiger partial charge in [0.25, 0.3) is 0 Å². The Labute approximate surface area is 131 Å². The first-order valence-corrected chi connectivity index (χ1v) is 8.25. The minimum atomic E-state index is 0.106. The lowest BCUT2D eigenvalue weighted by molar-refractivity contribution is 0.0307. The van der Waals surface area contributed by atoms with Crippen molar-refractivity contribution >= 4 is 11.6 Å². The third-order valence-corrected chi connectivity index (χ3v) is 5.28. The highest BCUT2D eigenvalue weighted by molar-refractivity contribution is 6.18. The lowest BCUT2D eigenvalue weighted by Crippen LogP contribution is -2.36. The Morgan fingerprint density at radius 3 is 2.57 bits per heavy atom. The van der Waals surface area contributed by atoms with Crippen LogP contribution in [0.3, 0.4) is 0 Å². The van der Waals surface area contributed by atoms with Crippen LogP contribution in [0, 0.1) is 11.3 Å². The Kier molecular flexibility index (Phi) is 4.60. The fourth-order valence-electron chi connectivity index (χ4n) is 3.26. The van der Waals surface area contributed by atoms with E-state index >= 15 is 0 Å². The summed E-state index contributed by atoms with van der Waals surface area (Å²) in [5, 5.41) is 0. The predicted molar refractivity (Wildman–Crippen MR) is 83.3 cm³/mol. The molecular weight excluding hydrogens is 288 g/mol. The fraction of sp³-hybridized carbons (Fsp3) is 0.647. The summed E-state index contributed by atoms with van der Waals surface area (Å²) >= 11 is 6.30. The number of hydrogen-bond acceptors (Lipinski definition) is 3. The highest BCUT2D eigenvalue weighted by Gasteiger charge is 2.50. The van der Waals surface area contributed by atoms with Gasteiger partial charge in [0.15, 0.2) is 0 Å². The molecule has 0 spiro atoms. The average Bonchev–Trinajstić information content (AvgIpc) is 3.29. The topological polar surface area (TPSA) is 27.7 Å². The first kappa shape index (κ1) is 15.0. The SMILES string of the molecule is COc1ccc(OCCC2(CCl)CCOC2C2CC2)cc1. The van der Waals surface area contributed by atoms with Gasteiger partial charge in [-0.2, -0.15) is 0 Å². The molecule has 116 valence electrons. The zero-order valence-electron chi connectivity index (χ0n) is 12.5. The van der Waals surface area contributed by atoms with Crippen molar-refractivity contribution in [3.8, 4) is 11.5 Å². The summed E-state index contributed by atoms with van der Waals surface area (Å²) in [4.78, 5) is 0. The molecule has 21 heavy (non-hydrogen) atoms. The molecule has 1 aliphatic carbocycles. The molecule has 0 N–H and O–H groups in total. The van der Waals surface area contributed by atoms with Crippen LogP contribution in [-0.2, 0) is 4.74 Å². The van der Waals surface area contributed by atoms with Crippen molar-refractivity contribution in [1.29, 1.82) is 0 Å². The number of rotatable bonds is 7. The van der Waals surface area contributed by atoms with Gasteiger partial charge in [0.05, 0.1) is 19.8 Å². The van der Waals surface area contributed by atoms with Gasteiger partial charge in [0, 0.05) is 17.9 Å². The monoisotopic (exact) mass is 310 g/mol. The van der Waals surface area contributed by atoms with E-state index in [9.17, 15) is 0 Å².